The molecular formula is C77H124O16P2. The van der Waals surface area contributed by atoms with Crippen LogP contribution < -0.4 is 0 Å². The molecule has 0 aromatic rings. The first-order valence-electron chi connectivity index (χ1n) is 35.4. The molecule has 0 aromatic carbocycles. The number of allylic oxidation sites excluding steroid dienone is 28. The molecule has 0 fully saturated rings. The summed E-state index contributed by atoms with van der Waals surface area (Å²) in [4.78, 5) is 58.4. The molecule has 0 rings (SSSR count). The summed E-state index contributed by atoms with van der Waals surface area (Å²) in [5.41, 5.74) is 0. The van der Waals surface area contributed by atoms with E-state index in [1.54, 1.807) is 0 Å². The van der Waals surface area contributed by atoms with Crippen molar-refractivity contribution in [3.8, 4) is 0 Å². The van der Waals surface area contributed by atoms with Crippen LogP contribution in [-0.2, 0) is 55.8 Å². The second-order valence-electron chi connectivity index (χ2n) is 22.9. The Hall–Kier alpha value is -5.09. The van der Waals surface area contributed by atoms with E-state index in [-0.39, 0.29) is 19.3 Å². The Balaban J connectivity index is 4.67. The van der Waals surface area contributed by atoms with E-state index in [0.29, 0.717) is 19.3 Å². The van der Waals surface area contributed by atoms with Gasteiger partial charge in [-0.25, -0.2) is 9.13 Å². The van der Waals surface area contributed by atoms with Crippen LogP contribution in [0.4, 0.5) is 0 Å². The fraction of sp³-hybridized carbons (Fsp3) is 0.597. The number of hydrogen-bond donors (Lipinski definition) is 4. The molecule has 0 bridgehead atoms. The van der Waals surface area contributed by atoms with Crippen molar-refractivity contribution in [2.45, 2.75) is 257 Å². The number of phosphoric ester groups is 2. The molecular weight excluding hydrogens is 1240 g/mol. The van der Waals surface area contributed by atoms with Gasteiger partial charge in [-0.3, -0.25) is 32.5 Å². The van der Waals surface area contributed by atoms with E-state index in [9.17, 15) is 43.5 Å². The van der Waals surface area contributed by atoms with E-state index in [4.69, 9.17) is 32.3 Å². The van der Waals surface area contributed by atoms with Gasteiger partial charge < -0.3 is 34.2 Å². The Kier molecular flexibility index (Phi) is 65.1. The Bertz CT molecular complexity index is 2410. The summed E-state index contributed by atoms with van der Waals surface area (Å²) in [5.74, 6) is -1.67. The van der Waals surface area contributed by atoms with Gasteiger partial charge in [0.1, 0.15) is 25.4 Å². The van der Waals surface area contributed by atoms with Crippen LogP contribution in [0, 0.1) is 0 Å². The number of rotatable bonds is 65. The first-order chi connectivity index (χ1) is 46.2. The summed E-state index contributed by atoms with van der Waals surface area (Å²) in [6, 6.07) is 0. The minimum Gasteiger partial charge on any atom is -0.463 e. The van der Waals surface area contributed by atoms with Crippen LogP contribution >= 0.6 is 15.6 Å². The number of aliphatic hydroxyl groups excluding tert-OH is 2. The molecule has 0 saturated heterocycles. The normalized spacial score (nSPS) is 15.1. The maximum atomic E-state index is 12.9. The number of carbonyl (C=O) groups excluding carboxylic acids is 3. The molecule has 0 radical (unpaired) electrons. The highest BCUT2D eigenvalue weighted by Crippen LogP contribution is 2.45. The van der Waals surface area contributed by atoms with Gasteiger partial charge in [-0.05, 0) is 148 Å². The summed E-state index contributed by atoms with van der Waals surface area (Å²) in [5, 5.41) is 20.6. The fourth-order valence-corrected chi connectivity index (χ4v) is 10.1. The number of aliphatic hydroxyl groups is 2. The first kappa shape index (κ1) is 89.9. The fourth-order valence-electron chi connectivity index (χ4n) is 8.55. The van der Waals surface area contributed by atoms with Crippen LogP contribution in [0.3, 0.4) is 0 Å². The molecule has 0 heterocycles. The third-order valence-corrected chi connectivity index (χ3v) is 15.8. The largest absolute Gasteiger partial charge is 0.472 e. The second-order valence-corrected chi connectivity index (χ2v) is 25.8. The minimum absolute atomic E-state index is 0.0716. The Morgan fingerprint density at radius 2 is 0.558 bits per heavy atom. The maximum Gasteiger partial charge on any atom is 0.472 e. The number of phosphoric acid groups is 2. The molecule has 18 heteroatoms. The van der Waals surface area contributed by atoms with E-state index in [1.165, 1.54) is 0 Å². The van der Waals surface area contributed by atoms with Crippen molar-refractivity contribution >= 4 is 33.6 Å². The van der Waals surface area contributed by atoms with Gasteiger partial charge in [-0.1, -0.05) is 242 Å². The lowest BCUT2D eigenvalue weighted by atomic mass is 10.1. The van der Waals surface area contributed by atoms with Gasteiger partial charge in [0, 0.05) is 19.3 Å². The SMILES string of the molecule is CC/C=C\C/C=C\C/C=C\C/C=C\C/C=C\C/C=C\CCCCCCCCC(=O)OCC(O)COP(=O)(O)OCC(O)COP(=O)(O)OCC(COC(=O)CCCC/C=C\C/C=C\C/C=C\C/C=C\C/C=C\C/C=C\CC)OC(=O)CCCCCCC/C=C\C/C=C\CCC. The Morgan fingerprint density at radius 3 is 0.905 bits per heavy atom. The predicted molar refractivity (Wildman–Crippen MR) is 389 cm³/mol. The number of esters is 3. The van der Waals surface area contributed by atoms with Crippen molar-refractivity contribution < 1.29 is 75.8 Å². The molecule has 0 aliphatic heterocycles. The summed E-state index contributed by atoms with van der Waals surface area (Å²) >= 11 is 0. The highest BCUT2D eigenvalue weighted by atomic mass is 31.2. The lowest BCUT2D eigenvalue weighted by Crippen LogP contribution is -2.30. The quantitative estimate of drug-likeness (QED) is 0.0146. The van der Waals surface area contributed by atoms with Gasteiger partial charge in [0.2, 0.25) is 0 Å². The number of ether oxygens (including phenoxy) is 3. The topological polar surface area (TPSA) is 231 Å². The van der Waals surface area contributed by atoms with Crippen LogP contribution in [0.2, 0.25) is 0 Å². The second kappa shape index (κ2) is 68.8. The molecule has 0 aromatic heterocycles. The highest BCUT2D eigenvalue weighted by molar-refractivity contribution is 7.47. The van der Waals surface area contributed by atoms with E-state index in [0.717, 1.165) is 180 Å². The molecule has 16 nitrogen and oxygen atoms in total. The lowest BCUT2D eigenvalue weighted by Gasteiger charge is -2.21. The molecule has 95 heavy (non-hydrogen) atoms. The molecule has 0 aliphatic rings. The molecule has 0 spiro atoms. The summed E-state index contributed by atoms with van der Waals surface area (Å²) in [6.45, 7) is 2.25. The molecule has 538 valence electrons. The van der Waals surface area contributed by atoms with Gasteiger partial charge in [-0.15, -0.1) is 0 Å². The van der Waals surface area contributed by atoms with Crippen LogP contribution in [0.15, 0.2) is 170 Å². The van der Waals surface area contributed by atoms with Gasteiger partial charge in [0.25, 0.3) is 0 Å². The predicted octanol–water partition coefficient (Wildman–Crippen LogP) is 20.1. The monoisotopic (exact) mass is 1370 g/mol. The van der Waals surface area contributed by atoms with Crippen molar-refractivity contribution in [1.82, 2.24) is 0 Å². The van der Waals surface area contributed by atoms with E-state index < -0.39 is 91.5 Å². The summed E-state index contributed by atoms with van der Waals surface area (Å²) in [6.07, 6.45) is 85.5. The van der Waals surface area contributed by atoms with Gasteiger partial charge >= 0.3 is 33.6 Å². The van der Waals surface area contributed by atoms with Gasteiger partial charge in [-0.2, -0.15) is 0 Å². The Morgan fingerprint density at radius 1 is 0.305 bits per heavy atom. The Labute approximate surface area is 573 Å². The zero-order valence-electron chi connectivity index (χ0n) is 58.3. The third kappa shape index (κ3) is 70.1. The molecule has 5 atom stereocenters. The molecule has 0 saturated carbocycles. The van der Waals surface area contributed by atoms with Crippen LogP contribution in [0.25, 0.3) is 0 Å². The minimum atomic E-state index is -4.95. The number of carbonyl (C=O) groups is 3. The third-order valence-electron chi connectivity index (χ3n) is 13.9. The van der Waals surface area contributed by atoms with Crippen molar-refractivity contribution in [3.63, 3.8) is 0 Å². The highest BCUT2D eigenvalue weighted by Gasteiger charge is 2.29. The van der Waals surface area contributed by atoms with Crippen molar-refractivity contribution in [3.05, 3.63) is 170 Å². The summed E-state index contributed by atoms with van der Waals surface area (Å²) in [7, 11) is -9.81. The van der Waals surface area contributed by atoms with Crippen LogP contribution in [0.1, 0.15) is 239 Å². The van der Waals surface area contributed by atoms with E-state index in [1.807, 2.05) is 0 Å². The smallest absolute Gasteiger partial charge is 0.463 e. The van der Waals surface area contributed by atoms with Gasteiger partial charge in [0.15, 0.2) is 6.10 Å². The number of unbranched alkanes of at least 4 members (excludes halogenated alkanes) is 14. The van der Waals surface area contributed by atoms with Crippen molar-refractivity contribution in [2.24, 2.45) is 0 Å². The van der Waals surface area contributed by atoms with Gasteiger partial charge in [0.05, 0.1) is 26.4 Å². The standard InChI is InChI=1S/C77H124O16P2/c1-4-7-10-13-16-19-22-25-27-29-31-33-34-35-36-38-40-41-43-46-48-51-54-57-60-63-75(80)87-66-72(78)67-89-94(83,84)90-68-73(79)69-91-95(85,86)92-71-74(93-77(82)65-62-59-56-53-50-45-24-21-18-15-12-9-6-3)70-88-76(81)64-61-58-55-52-49-47-44-42-39-37-32-30-28-26-23-20-17-14-11-8-5-2/h7-8,10-12,15-17,19-21,24-28,31-33,35-37,40-42,44,49,52,72-74,78-79H,4-6,9,13-14,18,22-23,29-30,34,38-39,43,45-48,50-51,53-71H2,1-3H3,(H,83,84)(H,85,86)/b10-7-,11-8-,15-12-,19-16-,20-17-,24-21-,27-25-,28-26-,33-31-,36-35-,37-32-,41-40-,44-42-,52-49-. The van der Waals surface area contributed by atoms with Crippen LogP contribution in [-0.4, -0.2) is 95.9 Å². The summed E-state index contributed by atoms with van der Waals surface area (Å²) < 4.78 is 60.9. The average molecular weight is 1370 g/mol. The van der Waals surface area contributed by atoms with Crippen molar-refractivity contribution in [2.75, 3.05) is 39.6 Å². The van der Waals surface area contributed by atoms with E-state index >= 15 is 0 Å². The first-order valence-corrected chi connectivity index (χ1v) is 38.4. The molecule has 0 aliphatic carbocycles. The molecule has 5 unspecified atom stereocenters. The van der Waals surface area contributed by atoms with E-state index in [2.05, 4.69) is 191 Å². The maximum absolute atomic E-state index is 12.9. The average Bonchev–Trinajstić information content (AvgIpc) is 1.81. The lowest BCUT2D eigenvalue weighted by molar-refractivity contribution is -0.161. The zero-order chi connectivity index (χ0) is 69.5. The molecule has 0 amide bonds. The zero-order valence-corrected chi connectivity index (χ0v) is 60.1. The number of hydrogen-bond acceptors (Lipinski definition) is 14. The van der Waals surface area contributed by atoms with Crippen molar-refractivity contribution in [1.29, 1.82) is 0 Å². The molecule has 4 N–H and O–H groups in total. The van der Waals surface area contributed by atoms with Crippen LogP contribution in [0.5, 0.6) is 0 Å².